The van der Waals surface area contributed by atoms with Crippen LogP contribution in [0.1, 0.15) is 34.0 Å². The molecule has 148 valence electrons. The first-order chi connectivity index (χ1) is 14.0. The van der Waals surface area contributed by atoms with Crippen LogP contribution in [0.3, 0.4) is 0 Å². The highest BCUT2D eigenvalue weighted by Crippen LogP contribution is 2.25. The molecule has 2 amide bonds. The molecule has 0 aliphatic carbocycles. The molecule has 0 saturated carbocycles. The van der Waals surface area contributed by atoms with E-state index in [1.165, 1.54) is 12.1 Å². The van der Waals surface area contributed by atoms with Crippen molar-refractivity contribution in [2.45, 2.75) is 25.3 Å². The molecule has 7 nitrogen and oxygen atoms in total. The number of H-pyrrole nitrogens is 1. The second kappa shape index (κ2) is 8.00. The van der Waals surface area contributed by atoms with Crippen molar-refractivity contribution in [3.05, 3.63) is 76.1 Å². The molecule has 3 aromatic rings. The van der Waals surface area contributed by atoms with E-state index in [2.05, 4.69) is 25.8 Å². The molecule has 4 rings (SSSR count). The molecule has 0 unspecified atom stereocenters. The fourth-order valence-electron chi connectivity index (χ4n) is 3.22. The summed E-state index contributed by atoms with van der Waals surface area (Å²) < 4.78 is 13.3. The van der Waals surface area contributed by atoms with Gasteiger partial charge in [0.25, 0.3) is 5.91 Å². The Labute approximate surface area is 170 Å². The zero-order chi connectivity index (χ0) is 20.4. The standard InChI is InChI=1S/C20H17ClFN5O2/c21-13-6-4-12-5-7-15(19(28)24-16(12)10-13)23-20(29)18-25-17(26-27-18)9-11-2-1-3-14(22)8-11/h1-4,6,8,10,15H,5,7,9H2,(H,23,29)(H,24,28)(H,25,26,27)/t15-/m0/s1. The molecule has 29 heavy (non-hydrogen) atoms. The summed E-state index contributed by atoms with van der Waals surface area (Å²) in [7, 11) is 0. The Balaban J connectivity index is 1.42. The number of aromatic nitrogens is 3. The van der Waals surface area contributed by atoms with E-state index in [0.717, 1.165) is 5.56 Å². The third-order valence-electron chi connectivity index (χ3n) is 4.66. The van der Waals surface area contributed by atoms with Crippen molar-refractivity contribution in [3.8, 4) is 0 Å². The van der Waals surface area contributed by atoms with Gasteiger partial charge >= 0.3 is 0 Å². The van der Waals surface area contributed by atoms with Gasteiger partial charge in [0.15, 0.2) is 0 Å². The maximum absolute atomic E-state index is 13.3. The number of fused-ring (bicyclic) bond motifs is 1. The van der Waals surface area contributed by atoms with Crippen LogP contribution in [0.4, 0.5) is 10.1 Å². The summed E-state index contributed by atoms with van der Waals surface area (Å²) in [6.45, 7) is 0. The molecule has 1 aliphatic heterocycles. The monoisotopic (exact) mass is 413 g/mol. The van der Waals surface area contributed by atoms with E-state index in [-0.39, 0.29) is 17.5 Å². The number of amides is 2. The van der Waals surface area contributed by atoms with Crippen molar-refractivity contribution in [1.29, 1.82) is 0 Å². The predicted octanol–water partition coefficient (Wildman–Crippen LogP) is 2.87. The van der Waals surface area contributed by atoms with Gasteiger partial charge < -0.3 is 15.6 Å². The Morgan fingerprint density at radius 3 is 2.93 bits per heavy atom. The zero-order valence-electron chi connectivity index (χ0n) is 15.2. The van der Waals surface area contributed by atoms with E-state index >= 15 is 0 Å². The maximum atomic E-state index is 13.3. The lowest BCUT2D eigenvalue weighted by Gasteiger charge is -2.14. The topological polar surface area (TPSA) is 99.8 Å². The third-order valence-corrected chi connectivity index (χ3v) is 4.90. The SMILES string of the molecule is O=C(N[C@H]1CCc2ccc(Cl)cc2NC1=O)c1nnc(Cc2cccc(F)c2)[nH]1. The molecule has 1 aromatic heterocycles. The molecule has 3 N–H and O–H groups in total. The predicted molar refractivity (Wildman–Crippen MR) is 105 cm³/mol. The number of nitrogens with zero attached hydrogens (tertiary/aromatic N) is 2. The molecule has 1 atom stereocenters. The minimum Gasteiger partial charge on any atom is -0.337 e. The van der Waals surface area contributed by atoms with E-state index in [9.17, 15) is 14.0 Å². The van der Waals surface area contributed by atoms with Crippen molar-refractivity contribution in [2.75, 3.05) is 5.32 Å². The Morgan fingerprint density at radius 1 is 1.24 bits per heavy atom. The highest BCUT2D eigenvalue weighted by molar-refractivity contribution is 6.31. The van der Waals surface area contributed by atoms with Crippen LogP contribution in [0, 0.1) is 5.82 Å². The summed E-state index contributed by atoms with van der Waals surface area (Å²) in [5.74, 6) is -0.783. The van der Waals surface area contributed by atoms with Crippen LogP contribution in [0.5, 0.6) is 0 Å². The van der Waals surface area contributed by atoms with Gasteiger partial charge in [0.05, 0.1) is 0 Å². The molecule has 0 radical (unpaired) electrons. The van der Waals surface area contributed by atoms with E-state index in [4.69, 9.17) is 11.6 Å². The van der Waals surface area contributed by atoms with Crippen molar-refractivity contribution in [2.24, 2.45) is 0 Å². The van der Waals surface area contributed by atoms with Crippen LogP contribution in [-0.2, 0) is 17.6 Å². The second-order valence-electron chi connectivity index (χ2n) is 6.78. The van der Waals surface area contributed by atoms with Crippen LogP contribution in [0.2, 0.25) is 5.02 Å². The van der Waals surface area contributed by atoms with Crippen molar-refractivity contribution in [3.63, 3.8) is 0 Å². The summed E-state index contributed by atoms with van der Waals surface area (Å²) in [6.07, 6.45) is 1.35. The van der Waals surface area contributed by atoms with Gasteiger partial charge in [-0.3, -0.25) is 9.59 Å². The first-order valence-corrected chi connectivity index (χ1v) is 9.42. The molecular weight excluding hydrogens is 397 g/mol. The lowest BCUT2D eigenvalue weighted by molar-refractivity contribution is -0.118. The van der Waals surface area contributed by atoms with Gasteiger partial charge in [0.2, 0.25) is 11.7 Å². The summed E-state index contributed by atoms with van der Waals surface area (Å²) >= 11 is 5.99. The minimum atomic E-state index is -0.717. The lowest BCUT2D eigenvalue weighted by atomic mass is 10.1. The molecule has 0 bridgehead atoms. The van der Waals surface area contributed by atoms with Gasteiger partial charge in [-0.25, -0.2) is 4.39 Å². The largest absolute Gasteiger partial charge is 0.337 e. The number of aromatic amines is 1. The maximum Gasteiger partial charge on any atom is 0.289 e. The first-order valence-electron chi connectivity index (χ1n) is 9.04. The average Bonchev–Trinajstić information content (AvgIpc) is 3.08. The van der Waals surface area contributed by atoms with Crippen LogP contribution in [0.25, 0.3) is 0 Å². The van der Waals surface area contributed by atoms with Crippen LogP contribution in [0.15, 0.2) is 42.5 Å². The Kier molecular flexibility index (Phi) is 5.26. The highest BCUT2D eigenvalue weighted by atomic mass is 35.5. The number of anilines is 1. The summed E-state index contributed by atoms with van der Waals surface area (Å²) in [6, 6.07) is 10.7. The number of nitrogens with one attached hydrogen (secondary N) is 3. The van der Waals surface area contributed by atoms with Gasteiger partial charge in [-0.1, -0.05) is 29.8 Å². The van der Waals surface area contributed by atoms with Gasteiger partial charge in [-0.15, -0.1) is 10.2 Å². The Morgan fingerprint density at radius 2 is 2.10 bits per heavy atom. The zero-order valence-corrected chi connectivity index (χ0v) is 16.0. The molecule has 9 heteroatoms. The smallest absolute Gasteiger partial charge is 0.289 e. The number of aryl methyl sites for hydroxylation is 1. The number of rotatable bonds is 4. The molecule has 1 aliphatic rings. The van der Waals surface area contributed by atoms with Crippen molar-refractivity contribution in [1.82, 2.24) is 20.5 Å². The number of hydrogen-bond donors (Lipinski definition) is 3. The third kappa shape index (κ3) is 4.43. The highest BCUT2D eigenvalue weighted by Gasteiger charge is 2.26. The molecule has 0 spiro atoms. The van der Waals surface area contributed by atoms with Gasteiger partial charge in [0, 0.05) is 17.1 Å². The Hall–Kier alpha value is -3.26. The summed E-state index contributed by atoms with van der Waals surface area (Å²) in [5.41, 5.74) is 2.31. The summed E-state index contributed by atoms with van der Waals surface area (Å²) in [5, 5.41) is 13.8. The lowest BCUT2D eigenvalue weighted by Crippen LogP contribution is -2.43. The van der Waals surface area contributed by atoms with Crippen LogP contribution < -0.4 is 10.6 Å². The quantitative estimate of drug-likeness (QED) is 0.612. The number of halogens is 2. The normalized spacial score (nSPS) is 15.9. The van der Waals surface area contributed by atoms with E-state index in [1.807, 2.05) is 6.07 Å². The fourth-order valence-corrected chi connectivity index (χ4v) is 3.39. The molecule has 0 saturated heterocycles. The number of hydrogen-bond acceptors (Lipinski definition) is 4. The van der Waals surface area contributed by atoms with Crippen molar-refractivity contribution < 1.29 is 14.0 Å². The van der Waals surface area contributed by atoms with Crippen LogP contribution in [-0.4, -0.2) is 33.0 Å². The minimum absolute atomic E-state index is 0.00555. The van der Waals surface area contributed by atoms with E-state index in [1.54, 1.807) is 24.3 Å². The summed E-state index contributed by atoms with van der Waals surface area (Å²) in [4.78, 5) is 27.8. The number of carbonyl (C=O) groups is 2. The first kappa shape index (κ1) is 19.1. The van der Waals surface area contributed by atoms with E-state index < -0.39 is 11.9 Å². The van der Waals surface area contributed by atoms with E-state index in [0.29, 0.717) is 41.4 Å². The van der Waals surface area contributed by atoms with Gasteiger partial charge in [-0.2, -0.15) is 0 Å². The van der Waals surface area contributed by atoms with Crippen molar-refractivity contribution >= 4 is 29.1 Å². The number of carbonyl (C=O) groups excluding carboxylic acids is 2. The number of benzene rings is 2. The molecule has 2 aromatic carbocycles. The molecule has 2 heterocycles. The van der Waals surface area contributed by atoms with Gasteiger partial charge in [0.1, 0.15) is 17.7 Å². The van der Waals surface area contributed by atoms with Gasteiger partial charge in [-0.05, 0) is 48.2 Å². The average molecular weight is 414 g/mol. The second-order valence-corrected chi connectivity index (χ2v) is 7.22. The molecular formula is C20H17ClFN5O2. The van der Waals surface area contributed by atoms with Crippen LogP contribution >= 0.6 is 11.6 Å². The molecule has 0 fully saturated rings. The Bertz CT molecular complexity index is 1080. The fraction of sp³-hybridized carbons (Fsp3) is 0.200.